The van der Waals surface area contributed by atoms with Gasteiger partial charge in [0.05, 0.1) is 5.60 Å². The summed E-state index contributed by atoms with van der Waals surface area (Å²) in [7, 11) is 0. The molecule has 0 aromatic heterocycles. The molecule has 0 aromatic carbocycles. The van der Waals surface area contributed by atoms with Gasteiger partial charge in [0.25, 0.3) is 0 Å². The van der Waals surface area contributed by atoms with E-state index >= 15 is 0 Å². The van der Waals surface area contributed by atoms with Crippen molar-refractivity contribution < 1.29 is 5.11 Å². The molecule has 10 heavy (non-hydrogen) atoms. The molecule has 0 amide bonds. The van der Waals surface area contributed by atoms with E-state index in [1.807, 2.05) is 13.8 Å². The van der Waals surface area contributed by atoms with Crippen LogP contribution in [0.15, 0.2) is 0 Å². The molecule has 0 saturated heterocycles. The lowest BCUT2D eigenvalue weighted by atomic mass is 9.96. The van der Waals surface area contributed by atoms with Gasteiger partial charge >= 0.3 is 0 Å². The standard InChI is InChI=1S/C8H19NO/c1-7(6-9)4-5-8(2,3)10/h7,10H,4-6,9H2,1-3H3/t7-/m0/s1. The topological polar surface area (TPSA) is 46.2 Å². The molecule has 0 rings (SSSR count). The van der Waals surface area contributed by atoms with Gasteiger partial charge in [-0.25, -0.2) is 0 Å². The van der Waals surface area contributed by atoms with Gasteiger partial charge in [-0.15, -0.1) is 0 Å². The summed E-state index contributed by atoms with van der Waals surface area (Å²) in [5, 5.41) is 9.32. The molecule has 0 aliphatic heterocycles. The van der Waals surface area contributed by atoms with Crippen molar-refractivity contribution in [1.82, 2.24) is 0 Å². The van der Waals surface area contributed by atoms with Gasteiger partial charge in [-0.2, -0.15) is 0 Å². The van der Waals surface area contributed by atoms with Crippen LogP contribution in [0.4, 0.5) is 0 Å². The average molecular weight is 145 g/mol. The maximum atomic E-state index is 9.32. The Morgan fingerprint density at radius 3 is 2.30 bits per heavy atom. The molecule has 0 radical (unpaired) electrons. The van der Waals surface area contributed by atoms with E-state index in [-0.39, 0.29) is 0 Å². The molecular weight excluding hydrogens is 126 g/mol. The van der Waals surface area contributed by atoms with Gasteiger partial charge in [0.1, 0.15) is 0 Å². The third kappa shape index (κ3) is 6.05. The fourth-order valence-electron chi connectivity index (χ4n) is 0.717. The minimum Gasteiger partial charge on any atom is -0.390 e. The van der Waals surface area contributed by atoms with Gasteiger partial charge in [0.15, 0.2) is 0 Å². The van der Waals surface area contributed by atoms with E-state index in [0.717, 1.165) is 19.4 Å². The summed E-state index contributed by atoms with van der Waals surface area (Å²) in [6, 6.07) is 0. The molecular formula is C8H19NO. The molecule has 0 bridgehead atoms. The largest absolute Gasteiger partial charge is 0.390 e. The van der Waals surface area contributed by atoms with Crippen LogP contribution in [-0.4, -0.2) is 17.3 Å². The maximum absolute atomic E-state index is 9.32. The van der Waals surface area contributed by atoms with Gasteiger partial charge in [0.2, 0.25) is 0 Å². The van der Waals surface area contributed by atoms with E-state index < -0.39 is 5.60 Å². The third-order valence-electron chi connectivity index (χ3n) is 1.65. The highest BCUT2D eigenvalue weighted by Crippen LogP contribution is 2.14. The number of nitrogens with two attached hydrogens (primary N) is 1. The Labute approximate surface area is 63.4 Å². The van der Waals surface area contributed by atoms with E-state index in [9.17, 15) is 5.11 Å². The smallest absolute Gasteiger partial charge is 0.0591 e. The Morgan fingerprint density at radius 1 is 1.50 bits per heavy atom. The molecule has 0 aliphatic rings. The monoisotopic (exact) mass is 145 g/mol. The van der Waals surface area contributed by atoms with Crippen molar-refractivity contribution in [1.29, 1.82) is 0 Å². The quantitative estimate of drug-likeness (QED) is 0.623. The normalized spacial score (nSPS) is 15.3. The first kappa shape index (κ1) is 9.92. The van der Waals surface area contributed by atoms with Crippen LogP contribution >= 0.6 is 0 Å². The van der Waals surface area contributed by atoms with Crippen molar-refractivity contribution in [3.05, 3.63) is 0 Å². The lowest BCUT2D eigenvalue weighted by Gasteiger charge is -2.18. The molecule has 1 atom stereocenters. The van der Waals surface area contributed by atoms with Crippen LogP contribution in [0.2, 0.25) is 0 Å². The second kappa shape index (κ2) is 3.94. The second-order valence-electron chi connectivity index (χ2n) is 3.69. The van der Waals surface area contributed by atoms with Crippen LogP contribution in [0.3, 0.4) is 0 Å². The Bertz CT molecular complexity index is 85.7. The maximum Gasteiger partial charge on any atom is 0.0591 e. The van der Waals surface area contributed by atoms with Gasteiger partial charge in [0, 0.05) is 0 Å². The molecule has 0 unspecified atom stereocenters. The molecule has 0 fully saturated rings. The first-order chi connectivity index (χ1) is 4.45. The molecule has 0 aliphatic carbocycles. The summed E-state index contributed by atoms with van der Waals surface area (Å²) in [5.41, 5.74) is 4.90. The zero-order valence-electron chi connectivity index (χ0n) is 7.22. The summed E-state index contributed by atoms with van der Waals surface area (Å²) < 4.78 is 0. The number of hydrogen-bond donors (Lipinski definition) is 2. The summed E-state index contributed by atoms with van der Waals surface area (Å²) in [4.78, 5) is 0. The first-order valence-electron chi connectivity index (χ1n) is 3.88. The zero-order chi connectivity index (χ0) is 8.20. The molecule has 2 nitrogen and oxygen atoms in total. The van der Waals surface area contributed by atoms with Crippen molar-refractivity contribution in [3.8, 4) is 0 Å². The van der Waals surface area contributed by atoms with Gasteiger partial charge in [-0.1, -0.05) is 6.92 Å². The lowest BCUT2D eigenvalue weighted by Crippen LogP contribution is -2.21. The van der Waals surface area contributed by atoms with E-state index in [0.29, 0.717) is 5.92 Å². The predicted molar refractivity (Wildman–Crippen MR) is 43.8 cm³/mol. The molecule has 3 N–H and O–H groups in total. The summed E-state index contributed by atoms with van der Waals surface area (Å²) in [6.07, 6.45) is 1.85. The second-order valence-corrected chi connectivity index (χ2v) is 3.69. The van der Waals surface area contributed by atoms with Crippen LogP contribution in [-0.2, 0) is 0 Å². The number of aliphatic hydroxyl groups is 1. The van der Waals surface area contributed by atoms with Gasteiger partial charge in [-0.05, 0) is 39.2 Å². The van der Waals surface area contributed by atoms with Crippen LogP contribution in [0, 0.1) is 5.92 Å². The highest BCUT2D eigenvalue weighted by molar-refractivity contribution is 4.66. The SMILES string of the molecule is C[C@H](CN)CCC(C)(C)O. The lowest BCUT2D eigenvalue weighted by molar-refractivity contribution is 0.0647. The number of hydrogen-bond acceptors (Lipinski definition) is 2. The van der Waals surface area contributed by atoms with Crippen molar-refractivity contribution in [2.45, 2.75) is 39.2 Å². The minimum absolute atomic E-state index is 0.524. The Kier molecular flexibility index (Phi) is 3.91. The highest BCUT2D eigenvalue weighted by atomic mass is 16.3. The first-order valence-corrected chi connectivity index (χ1v) is 3.88. The van der Waals surface area contributed by atoms with Crippen molar-refractivity contribution in [3.63, 3.8) is 0 Å². The number of rotatable bonds is 4. The predicted octanol–water partition coefficient (Wildman–Crippen LogP) is 1.13. The zero-order valence-corrected chi connectivity index (χ0v) is 7.22. The molecule has 0 heterocycles. The van der Waals surface area contributed by atoms with Crippen LogP contribution < -0.4 is 5.73 Å². The van der Waals surface area contributed by atoms with Crippen LogP contribution in [0.1, 0.15) is 33.6 Å². The third-order valence-corrected chi connectivity index (χ3v) is 1.65. The van der Waals surface area contributed by atoms with Gasteiger partial charge in [-0.3, -0.25) is 0 Å². The fraction of sp³-hybridized carbons (Fsp3) is 1.00. The Balaban J connectivity index is 3.36. The Morgan fingerprint density at radius 2 is 2.00 bits per heavy atom. The van der Waals surface area contributed by atoms with Crippen LogP contribution in [0.5, 0.6) is 0 Å². The summed E-state index contributed by atoms with van der Waals surface area (Å²) >= 11 is 0. The van der Waals surface area contributed by atoms with Crippen molar-refractivity contribution in [2.75, 3.05) is 6.54 Å². The van der Waals surface area contributed by atoms with E-state index in [1.54, 1.807) is 0 Å². The summed E-state index contributed by atoms with van der Waals surface area (Å²) in [6.45, 7) is 6.48. The van der Waals surface area contributed by atoms with Gasteiger partial charge < -0.3 is 10.8 Å². The van der Waals surface area contributed by atoms with Crippen molar-refractivity contribution >= 4 is 0 Å². The van der Waals surface area contributed by atoms with Crippen LogP contribution in [0.25, 0.3) is 0 Å². The van der Waals surface area contributed by atoms with E-state index in [1.165, 1.54) is 0 Å². The molecule has 0 spiro atoms. The van der Waals surface area contributed by atoms with Crippen molar-refractivity contribution in [2.24, 2.45) is 11.7 Å². The van der Waals surface area contributed by atoms with E-state index in [4.69, 9.17) is 5.73 Å². The molecule has 0 saturated carbocycles. The Hall–Kier alpha value is -0.0800. The summed E-state index contributed by atoms with van der Waals surface area (Å²) in [5.74, 6) is 0.534. The molecule has 0 aromatic rings. The molecule has 2 heteroatoms. The molecule has 62 valence electrons. The average Bonchev–Trinajstić information content (AvgIpc) is 1.81. The highest BCUT2D eigenvalue weighted by Gasteiger charge is 2.13. The minimum atomic E-state index is -0.524. The van der Waals surface area contributed by atoms with E-state index in [2.05, 4.69) is 6.92 Å². The fourth-order valence-corrected chi connectivity index (χ4v) is 0.717.